The lowest BCUT2D eigenvalue weighted by atomic mass is 9.90. The summed E-state index contributed by atoms with van der Waals surface area (Å²) in [4.78, 5) is 11.8. The summed E-state index contributed by atoms with van der Waals surface area (Å²) in [7, 11) is 1.65. The summed E-state index contributed by atoms with van der Waals surface area (Å²) >= 11 is 6.46. The molecule has 1 aromatic carbocycles. The van der Waals surface area contributed by atoms with E-state index in [2.05, 4.69) is 35.7 Å². The van der Waals surface area contributed by atoms with Gasteiger partial charge in [-0.2, -0.15) is 0 Å². The molecule has 0 amide bonds. The zero-order chi connectivity index (χ0) is 33.1. The molecule has 4 heterocycles. The first kappa shape index (κ1) is 36.7. The molecule has 0 radical (unpaired) electrons. The third kappa shape index (κ3) is 10.2. The van der Waals surface area contributed by atoms with Gasteiger partial charge in [0.15, 0.2) is 0 Å². The van der Waals surface area contributed by atoms with Crippen LogP contribution in [-0.4, -0.2) is 117 Å². The highest BCUT2D eigenvalue weighted by Gasteiger charge is 2.29. The van der Waals surface area contributed by atoms with Crippen molar-refractivity contribution >= 4 is 35.6 Å². The lowest BCUT2D eigenvalue weighted by Gasteiger charge is -2.38. The molecule has 2 aliphatic rings. The van der Waals surface area contributed by atoms with Crippen LogP contribution in [0.3, 0.4) is 0 Å². The molecule has 1 aliphatic carbocycles. The van der Waals surface area contributed by atoms with Gasteiger partial charge in [-0.3, -0.25) is 9.58 Å². The van der Waals surface area contributed by atoms with Gasteiger partial charge in [0, 0.05) is 44.2 Å². The fourth-order valence-electron chi connectivity index (χ4n) is 6.04. The molecule has 0 unspecified atom stereocenters. The molecule has 6 rings (SSSR count). The third-order valence-corrected chi connectivity index (χ3v) is 8.84. The Morgan fingerprint density at radius 3 is 2.49 bits per heavy atom. The molecule has 1 N–H and O–H groups in total. The molecule has 3 aromatic heterocycles. The molecule has 0 spiro atoms. The number of nitrogens with zero attached hydrogens (tertiary/aromatic N) is 9. The fraction of sp³-hybridized carbons (Fsp3) is 0.562. The van der Waals surface area contributed by atoms with E-state index in [1.165, 1.54) is 0 Å². The van der Waals surface area contributed by atoms with Gasteiger partial charge in [-0.1, -0.05) is 17.7 Å². The maximum Gasteiger partial charge on any atom is 0.257 e. The molecule has 4 aromatic rings. The van der Waals surface area contributed by atoms with Gasteiger partial charge in [0.1, 0.15) is 30.5 Å². The molecule has 1 saturated carbocycles. The number of anilines is 2. The van der Waals surface area contributed by atoms with Crippen LogP contribution in [0, 0.1) is 0 Å². The SMILES string of the molecule is COCCOCCOc1nn([C@H]2CC[C@H](N3CCOCC3)CC2)cc1Nc1ncc(-c2ccc(Cl)c(O[C@@H](C)Cn3cnnn3)c2)cn1.Cl. The van der Waals surface area contributed by atoms with Crippen LogP contribution in [0.4, 0.5) is 11.6 Å². The van der Waals surface area contributed by atoms with Crippen molar-refractivity contribution in [2.45, 2.75) is 57.3 Å². The second-order valence-corrected chi connectivity index (χ2v) is 12.3. The highest BCUT2D eigenvalue weighted by Crippen LogP contribution is 2.35. The first-order chi connectivity index (χ1) is 23.6. The maximum absolute atomic E-state index is 6.46. The van der Waals surface area contributed by atoms with Crippen molar-refractivity contribution in [2.75, 3.05) is 65.2 Å². The van der Waals surface area contributed by atoms with Crippen molar-refractivity contribution in [1.82, 2.24) is 44.9 Å². The zero-order valence-corrected chi connectivity index (χ0v) is 29.4. The van der Waals surface area contributed by atoms with Crippen LogP contribution in [0.1, 0.15) is 38.6 Å². The molecule has 2 fully saturated rings. The molecule has 15 nitrogen and oxygen atoms in total. The number of hydrogen-bond acceptors (Lipinski definition) is 13. The normalized spacial score (nSPS) is 18.8. The summed E-state index contributed by atoms with van der Waals surface area (Å²) in [5, 5.41) is 19.9. The predicted molar refractivity (Wildman–Crippen MR) is 185 cm³/mol. The second kappa shape index (κ2) is 18.4. The molecule has 1 aliphatic heterocycles. The lowest BCUT2D eigenvalue weighted by Crippen LogP contribution is -2.45. The minimum Gasteiger partial charge on any atom is -0.487 e. The number of tetrazole rings is 1. The summed E-state index contributed by atoms with van der Waals surface area (Å²) in [6.45, 7) is 7.92. The Bertz CT molecular complexity index is 1550. The standard InChI is InChI=1S/C32H43ClN10O5.ClH/c1-23(20-42-22-36-39-40-42)48-30-17-24(3-8-28(30)33)25-18-34-32(35-19-25)37-29-21-43(38-31(29)47-16-15-46-14-13-44-2)27-6-4-26(5-7-27)41-9-11-45-12-10-41;/h3,8,17-19,21-23,26-27H,4-7,9-16,20H2,1-2H3,(H,34,35,37);1H/t23-,26-,27-;/m0./s1. The molecule has 1 saturated heterocycles. The highest BCUT2D eigenvalue weighted by molar-refractivity contribution is 6.32. The van der Waals surface area contributed by atoms with E-state index >= 15 is 0 Å². The first-order valence-corrected chi connectivity index (χ1v) is 16.8. The van der Waals surface area contributed by atoms with Crippen molar-refractivity contribution in [3.63, 3.8) is 0 Å². The Hall–Kier alpha value is -3.60. The van der Waals surface area contributed by atoms with E-state index in [0.717, 1.165) is 63.1 Å². The van der Waals surface area contributed by atoms with Gasteiger partial charge in [-0.15, -0.1) is 22.6 Å². The zero-order valence-electron chi connectivity index (χ0n) is 27.8. The summed E-state index contributed by atoms with van der Waals surface area (Å²) in [5.41, 5.74) is 2.38. The van der Waals surface area contributed by atoms with Gasteiger partial charge < -0.3 is 29.0 Å². The summed E-state index contributed by atoms with van der Waals surface area (Å²) in [6, 6.07) is 6.48. The Morgan fingerprint density at radius 2 is 1.76 bits per heavy atom. The predicted octanol–water partition coefficient (Wildman–Crippen LogP) is 4.47. The number of methoxy groups -OCH3 is 1. The smallest absolute Gasteiger partial charge is 0.257 e. The molecule has 17 heteroatoms. The number of hydrogen-bond donors (Lipinski definition) is 1. The van der Waals surface area contributed by atoms with Crippen LogP contribution >= 0.6 is 24.0 Å². The molecular weight excluding hydrogens is 675 g/mol. The van der Waals surface area contributed by atoms with Crippen molar-refractivity contribution < 1.29 is 23.7 Å². The Morgan fingerprint density at radius 1 is 1.00 bits per heavy atom. The quantitative estimate of drug-likeness (QED) is 0.163. The van der Waals surface area contributed by atoms with Crippen molar-refractivity contribution in [3.8, 4) is 22.8 Å². The Kier molecular flexibility index (Phi) is 13.8. The second-order valence-electron chi connectivity index (χ2n) is 11.9. The molecular formula is C32H44Cl2N10O5. The first-order valence-electron chi connectivity index (χ1n) is 16.4. The van der Waals surface area contributed by atoms with Gasteiger partial charge in [0.25, 0.3) is 5.88 Å². The van der Waals surface area contributed by atoms with Crippen LogP contribution in [0.25, 0.3) is 11.1 Å². The largest absolute Gasteiger partial charge is 0.487 e. The van der Waals surface area contributed by atoms with E-state index in [4.69, 9.17) is 40.4 Å². The lowest BCUT2D eigenvalue weighted by molar-refractivity contribution is 0.00501. The summed E-state index contributed by atoms with van der Waals surface area (Å²) < 4.78 is 32.0. The van der Waals surface area contributed by atoms with E-state index < -0.39 is 0 Å². The number of nitrogens with one attached hydrogen (secondary N) is 1. The highest BCUT2D eigenvalue weighted by atomic mass is 35.5. The molecule has 0 bridgehead atoms. The van der Waals surface area contributed by atoms with Gasteiger partial charge in [-0.05, 0) is 60.7 Å². The van der Waals surface area contributed by atoms with Crippen LogP contribution in [0.5, 0.6) is 11.6 Å². The van der Waals surface area contributed by atoms with Gasteiger partial charge in [-0.25, -0.2) is 14.6 Å². The average molecular weight is 720 g/mol. The fourth-order valence-corrected chi connectivity index (χ4v) is 6.21. The van der Waals surface area contributed by atoms with E-state index in [0.29, 0.717) is 73.3 Å². The van der Waals surface area contributed by atoms with E-state index in [-0.39, 0.29) is 18.5 Å². The number of aromatic nitrogens is 8. The van der Waals surface area contributed by atoms with Crippen LogP contribution < -0.4 is 14.8 Å². The third-order valence-electron chi connectivity index (χ3n) is 8.53. The number of morpholine rings is 1. The Labute approximate surface area is 297 Å². The molecule has 1 atom stereocenters. The average Bonchev–Trinajstić information content (AvgIpc) is 3.78. The summed E-state index contributed by atoms with van der Waals surface area (Å²) in [5.74, 6) is 1.47. The number of benzene rings is 1. The minimum atomic E-state index is -0.210. The van der Waals surface area contributed by atoms with Crippen molar-refractivity contribution in [1.29, 1.82) is 0 Å². The Balaban J connectivity index is 0.00000468. The number of rotatable bonds is 16. The topological polar surface area (TPSA) is 149 Å². The van der Waals surface area contributed by atoms with Gasteiger partial charge in [0.2, 0.25) is 5.95 Å². The number of halogens is 2. The minimum absolute atomic E-state index is 0. The van der Waals surface area contributed by atoms with Crippen molar-refractivity contribution in [3.05, 3.63) is 48.1 Å². The van der Waals surface area contributed by atoms with Crippen LogP contribution in [-0.2, 0) is 20.8 Å². The van der Waals surface area contributed by atoms with E-state index in [1.54, 1.807) is 36.6 Å². The monoisotopic (exact) mass is 718 g/mol. The van der Waals surface area contributed by atoms with Crippen LogP contribution in [0.2, 0.25) is 5.02 Å². The summed E-state index contributed by atoms with van der Waals surface area (Å²) in [6.07, 6.45) is 11.2. The maximum atomic E-state index is 6.46. The van der Waals surface area contributed by atoms with E-state index in [9.17, 15) is 0 Å². The van der Waals surface area contributed by atoms with Crippen molar-refractivity contribution in [2.24, 2.45) is 0 Å². The van der Waals surface area contributed by atoms with Gasteiger partial charge >= 0.3 is 0 Å². The van der Waals surface area contributed by atoms with E-state index in [1.807, 2.05) is 29.9 Å². The van der Waals surface area contributed by atoms with Gasteiger partial charge in [0.05, 0.1) is 56.8 Å². The number of ether oxygens (including phenoxy) is 5. The molecule has 266 valence electrons. The van der Waals surface area contributed by atoms with Crippen LogP contribution in [0.15, 0.2) is 43.1 Å². The molecule has 49 heavy (non-hydrogen) atoms.